The Balaban J connectivity index is 2.06. The number of hydrogen-bond donors (Lipinski definition) is 2. The average molecular weight is 310 g/mol. The van der Waals surface area contributed by atoms with E-state index in [0.717, 1.165) is 10.8 Å². The summed E-state index contributed by atoms with van der Waals surface area (Å²) in [4.78, 5) is 0. The number of hydrogen-bond acceptors (Lipinski definition) is 5. The zero-order valence-electron chi connectivity index (χ0n) is 13.1. The molecule has 1 heterocycles. The van der Waals surface area contributed by atoms with Crippen molar-refractivity contribution in [3.05, 3.63) is 47.5 Å². The number of rotatable bonds is 4. The Bertz CT molecular complexity index is 824. The molecule has 1 aromatic heterocycles. The van der Waals surface area contributed by atoms with Gasteiger partial charge in [0, 0.05) is 21.9 Å². The van der Waals surface area contributed by atoms with Crippen LogP contribution in [0.2, 0.25) is 0 Å². The van der Waals surface area contributed by atoms with Crippen LogP contribution in [-0.4, -0.2) is 25.0 Å². The lowest BCUT2D eigenvalue weighted by Gasteiger charge is -2.04. The first-order valence-corrected chi connectivity index (χ1v) is 7.53. The summed E-state index contributed by atoms with van der Waals surface area (Å²) in [6.45, 7) is 4.62. The Labute approximate surface area is 133 Å². The van der Waals surface area contributed by atoms with Gasteiger partial charge in [-0.15, -0.1) is 0 Å². The van der Waals surface area contributed by atoms with E-state index in [1.807, 2.05) is 38.1 Å². The molecule has 0 saturated heterocycles. The highest BCUT2D eigenvalue weighted by Gasteiger charge is 2.12. The molecule has 3 aromatic rings. The summed E-state index contributed by atoms with van der Waals surface area (Å²) >= 11 is 0. The van der Waals surface area contributed by atoms with E-state index in [-0.39, 0.29) is 11.8 Å². The molecule has 0 unspecified atom stereocenters. The van der Waals surface area contributed by atoms with Gasteiger partial charge < -0.3 is 13.9 Å². The fourth-order valence-corrected chi connectivity index (χ4v) is 2.51. The third kappa shape index (κ3) is 2.77. The third-order valence-electron chi connectivity index (χ3n) is 3.58. The van der Waals surface area contributed by atoms with Gasteiger partial charge in [-0.2, -0.15) is 0 Å². The van der Waals surface area contributed by atoms with Crippen molar-refractivity contribution in [1.29, 1.82) is 10.8 Å². The summed E-state index contributed by atoms with van der Waals surface area (Å²) in [5.41, 5.74) is 2.76. The lowest BCUT2D eigenvalue weighted by atomic mass is 10.1. The van der Waals surface area contributed by atoms with Gasteiger partial charge in [0.05, 0.1) is 13.2 Å². The third-order valence-corrected chi connectivity index (χ3v) is 3.58. The summed E-state index contributed by atoms with van der Waals surface area (Å²) < 4.78 is 16.3. The summed E-state index contributed by atoms with van der Waals surface area (Å²) in [5, 5.41) is 17.7. The highest BCUT2D eigenvalue weighted by Crippen LogP contribution is 2.30. The second-order valence-corrected chi connectivity index (χ2v) is 5.05. The minimum absolute atomic E-state index is 0.133. The van der Waals surface area contributed by atoms with Gasteiger partial charge in [-0.25, -0.2) is 0 Å². The molecule has 118 valence electrons. The molecule has 0 saturated carbocycles. The Hall–Kier alpha value is -2.82. The van der Waals surface area contributed by atoms with Crippen LogP contribution < -0.4 is 0 Å². The molecule has 5 heteroatoms. The van der Waals surface area contributed by atoms with Crippen LogP contribution in [0.1, 0.15) is 25.0 Å². The molecule has 0 spiro atoms. The van der Waals surface area contributed by atoms with Crippen molar-refractivity contribution >= 4 is 33.7 Å². The van der Waals surface area contributed by atoms with E-state index in [0.29, 0.717) is 35.5 Å². The Kier molecular flexibility index (Phi) is 4.02. The molecule has 0 radical (unpaired) electrons. The van der Waals surface area contributed by atoms with E-state index in [1.54, 1.807) is 12.1 Å². The molecule has 3 rings (SSSR count). The quantitative estimate of drug-likeness (QED) is 0.556. The van der Waals surface area contributed by atoms with Gasteiger partial charge in [0.2, 0.25) is 11.8 Å². The first-order valence-electron chi connectivity index (χ1n) is 7.53. The van der Waals surface area contributed by atoms with E-state index >= 15 is 0 Å². The molecule has 0 aliphatic rings. The standard InChI is InChI=1S/C18H18N2O3/c1-3-21-17(19)11-5-7-13-14-8-6-12(18(20)22-4-2)10-16(14)23-15(13)9-11/h5-10,19-20H,3-4H2,1-2H3. The first-order chi connectivity index (χ1) is 11.1. The van der Waals surface area contributed by atoms with Crippen molar-refractivity contribution in [2.75, 3.05) is 13.2 Å². The summed E-state index contributed by atoms with van der Waals surface area (Å²) in [6, 6.07) is 11.2. The van der Waals surface area contributed by atoms with Crippen molar-refractivity contribution in [2.45, 2.75) is 13.8 Å². The fraction of sp³-hybridized carbons (Fsp3) is 0.222. The van der Waals surface area contributed by atoms with Crippen LogP contribution in [0.5, 0.6) is 0 Å². The number of nitrogens with one attached hydrogen (secondary N) is 2. The lowest BCUT2D eigenvalue weighted by molar-refractivity contribution is 0.325. The summed E-state index contributed by atoms with van der Waals surface area (Å²) in [6.07, 6.45) is 0. The van der Waals surface area contributed by atoms with Crippen LogP contribution in [0.4, 0.5) is 0 Å². The van der Waals surface area contributed by atoms with Crippen LogP contribution in [0, 0.1) is 10.8 Å². The van der Waals surface area contributed by atoms with Crippen LogP contribution in [0.3, 0.4) is 0 Å². The van der Waals surface area contributed by atoms with E-state index in [1.165, 1.54) is 0 Å². The minimum Gasteiger partial charge on any atom is -0.478 e. The van der Waals surface area contributed by atoms with Gasteiger partial charge in [-0.3, -0.25) is 10.8 Å². The highest BCUT2D eigenvalue weighted by atomic mass is 16.5. The monoisotopic (exact) mass is 310 g/mol. The molecular weight excluding hydrogens is 292 g/mol. The maximum atomic E-state index is 7.87. The SMILES string of the molecule is CCOC(=N)c1ccc2c(c1)oc1cc(C(=N)OCC)ccc12. The molecule has 0 fully saturated rings. The molecule has 5 nitrogen and oxygen atoms in total. The average Bonchev–Trinajstić information content (AvgIpc) is 2.91. The van der Waals surface area contributed by atoms with Gasteiger partial charge in [-0.1, -0.05) is 0 Å². The van der Waals surface area contributed by atoms with Crippen LogP contribution >= 0.6 is 0 Å². The fourth-order valence-electron chi connectivity index (χ4n) is 2.51. The molecule has 2 aromatic carbocycles. The summed E-state index contributed by atoms with van der Waals surface area (Å²) in [7, 11) is 0. The zero-order valence-corrected chi connectivity index (χ0v) is 13.1. The maximum absolute atomic E-state index is 7.87. The topological polar surface area (TPSA) is 79.3 Å². The van der Waals surface area contributed by atoms with Crippen LogP contribution in [0.25, 0.3) is 21.9 Å². The second kappa shape index (κ2) is 6.12. The van der Waals surface area contributed by atoms with Crippen LogP contribution in [0.15, 0.2) is 40.8 Å². The normalized spacial score (nSPS) is 10.9. The van der Waals surface area contributed by atoms with Crippen molar-refractivity contribution in [3.8, 4) is 0 Å². The molecule has 0 amide bonds. The predicted molar refractivity (Wildman–Crippen MR) is 90.6 cm³/mol. The Morgan fingerprint density at radius 2 is 1.26 bits per heavy atom. The van der Waals surface area contributed by atoms with Gasteiger partial charge in [0.25, 0.3) is 0 Å². The van der Waals surface area contributed by atoms with E-state index in [4.69, 9.17) is 24.7 Å². The van der Waals surface area contributed by atoms with Crippen molar-refractivity contribution in [3.63, 3.8) is 0 Å². The molecular formula is C18H18N2O3. The predicted octanol–water partition coefficient (Wildman–Crippen LogP) is 4.31. The highest BCUT2D eigenvalue weighted by molar-refractivity contribution is 6.08. The van der Waals surface area contributed by atoms with Gasteiger partial charge in [0.15, 0.2) is 0 Å². The minimum atomic E-state index is 0.133. The number of ether oxygens (including phenoxy) is 2. The van der Waals surface area contributed by atoms with Gasteiger partial charge in [-0.05, 0) is 50.2 Å². The van der Waals surface area contributed by atoms with E-state index in [9.17, 15) is 0 Å². The first kappa shape index (κ1) is 15.1. The molecule has 0 atom stereocenters. The summed E-state index contributed by atoms with van der Waals surface area (Å²) in [5.74, 6) is 0.266. The van der Waals surface area contributed by atoms with Gasteiger partial charge >= 0.3 is 0 Å². The van der Waals surface area contributed by atoms with Gasteiger partial charge in [0.1, 0.15) is 11.2 Å². The number of furan rings is 1. The molecule has 0 bridgehead atoms. The lowest BCUT2D eigenvalue weighted by Crippen LogP contribution is -2.04. The molecule has 2 N–H and O–H groups in total. The second-order valence-electron chi connectivity index (χ2n) is 5.05. The van der Waals surface area contributed by atoms with Crippen LogP contribution in [-0.2, 0) is 9.47 Å². The Morgan fingerprint density at radius 3 is 1.65 bits per heavy atom. The smallest absolute Gasteiger partial charge is 0.213 e. The van der Waals surface area contributed by atoms with Crippen molar-refractivity contribution in [2.24, 2.45) is 0 Å². The molecule has 0 aliphatic carbocycles. The zero-order chi connectivity index (χ0) is 16.4. The van der Waals surface area contributed by atoms with Crippen molar-refractivity contribution in [1.82, 2.24) is 0 Å². The molecule has 23 heavy (non-hydrogen) atoms. The Morgan fingerprint density at radius 1 is 0.826 bits per heavy atom. The maximum Gasteiger partial charge on any atom is 0.213 e. The van der Waals surface area contributed by atoms with Crippen molar-refractivity contribution < 1.29 is 13.9 Å². The largest absolute Gasteiger partial charge is 0.478 e. The van der Waals surface area contributed by atoms with E-state index in [2.05, 4.69) is 0 Å². The molecule has 0 aliphatic heterocycles. The number of benzene rings is 2. The van der Waals surface area contributed by atoms with E-state index < -0.39 is 0 Å². The number of fused-ring (bicyclic) bond motifs is 3.